The molecule has 0 aromatic heterocycles. The van der Waals surface area contributed by atoms with Crippen LogP contribution in [0.3, 0.4) is 0 Å². The number of benzene rings is 1. The Bertz CT molecular complexity index is 786. The lowest BCUT2D eigenvalue weighted by Gasteiger charge is -2.33. The fraction of sp³-hybridized carbons (Fsp3) is 0.429. The molecule has 5 heteroatoms. The molecular weight excluding hydrogens is 330 g/mol. The number of carboxylic acid groups (broad SMARTS) is 1. The fourth-order valence-electron chi connectivity index (χ4n) is 4.76. The van der Waals surface area contributed by atoms with E-state index >= 15 is 0 Å². The van der Waals surface area contributed by atoms with Crippen LogP contribution in [0.1, 0.15) is 18.9 Å². The third-order valence-corrected chi connectivity index (χ3v) is 5.84. The number of hydrogen-bond donors (Lipinski definition) is 1. The quantitative estimate of drug-likeness (QED) is 0.798. The Morgan fingerprint density at radius 1 is 1.35 bits per heavy atom. The van der Waals surface area contributed by atoms with Gasteiger partial charge in [-0.1, -0.05) is 48.1 Å². The number of likely N-dealkylation sites (tertiary alicyclic amines) is 1. The zero-order valence-electron chi connectivity index (χ0n) is 14.8. The summed E-state index contributed by atoms with van der Waals surface area (Å²) in [6.07, 6.45) is 4.57. The molecule has 136 valence electrons. The third-order valence-electron chi connectivity index (χ3n) is 5.84. The van der Waals surface area contributed by atoms with Crippen molar-refractivity contribution in [1.29, 1.82) is 0 Å². The predicted octanol–water partition coefficient (Wildman–Crippen LogP) is 2.43. The van der Waals surface area contributed by atoms with Crippen LogP contribution in [0.2, 0.25) is 0 Å². The predicted molar refractivity (Wildman–Crippen MR) is 96.4 cm³/mol. The number of rotatable bonds is 6. The molecule has 0 unspecified atom stereocenters. The lowest BCUT2D eigenvalue weighted by atomic mass is 9.74. The molecule has 1 N–H and O–H groups in total. The Hall–Kier alpha value is -2.40. The van der Waals surface area contributed by atoms with Gasteiger partial charge >= 0.3 is 5.97 Å². The van der Waals surface area contributed by atoms with Crippen LogP contribution in [0, 0.1) is 11.8 Å². The molecule has 3 aliphatic heterocycles. The molecule has 2 bridgehead atoms. The minimum absolute atomic E-state index is 0.105. The van der Waals surface area contributed by atoms with Gasteiger partial charge in [-0.25, -0.2) is 0 Å². The van der Waals surface area contributed by atoms with Gasteiger partial charge in [0.1, 0.15) is 11.5 Å². The molecular formula is C21H23NO4. The van der Waals surface area contributed by atoms with Crippen molar-refractivity contribution in [3.8, 4) is 0 Å². The van der Waals surface area contributed by atoms with Crippen LogP contribution in [0.5, 0.6) is 0 Å². The van der Waals surface area contributed by atoms with Crippen molar-refractivity contribution in [1.82, 2.24) is 4.90 Å². The molecule has 1 aromatic rings. The first-order chi connectivity index (χ1) is 12.4. The summed E-state index contributed by atoms with van der Waals surface area (Å²) in [6, 6.07) is 9.80. The maximum Gasteiger partial charge on any atom is 0.310 e. The first-order valence-electron chi connectivity index (χ1n) is 9.03. The number of nitrogens with zero attached hydrogens (tertiary/aromatic N) is 1. The normalized spacial score (nSPS) is 34.3. The second-order valence-corrected chi connectivity index (χ2v) is 7.58. The van der Waals surface area contributed by atoms with E-state index in [-0.39, 0.29) is 11.9 Å². The van der Waals surface area contributed by atoms with E-state index in [1.165, 1.54) is 0 Å². The van der Waals surface area contributed by atoms with Gasteiger partial charge in [0.05, 0.1) is 18.1 Å². The van der Waals surface area contributed by atoms with Crippen LogP contribution in [0.15, 0.2) is 54.6 Å². The standard InChI is InChI=1S/C21H23NO4/c1-13(2)12-16-21-10-8-15(26-21)17(20(24)25)18(21)19(23)22(16)11-9-14-6-4-3-5-7-14/h3-8,10,15-18H,1,9,11-12H2,2H3,(H,24,25)/t15-,16-,17+,18+,21-/m0/s1. The molecule has 0 radical (unpaired) electrons. The average molecular weight is 353 g/mol. The van der Waals surface area contributed by atoms with Gasteiger partial charge in [0.25, 0.3) is 0 Å². The zero-order valence-corrected chi connectivity index (χ0v) is 14.8. The summed E-state index contributed by atoms with van der Waals surface area (Å²) in [6.45, 7) is 6.49. The molecule has 3 heterocycles. The van der Waals surface area contributed by atoms with Crippen molar-refractivity contribution >= 4 is 11.9 Å². The van der Waals surface area contributed by atoms with Crippen molar-refractivity contribution in [2.75, 3.05) is 6.54 Å². The first-order valence-corrected chi connectivity index (χ1v) is 9.03. The number of carboxylic acids is 1. The van der Waals surface area contributed by atoms with E-state index in [9.17, 15) is 14.7 Å². The molecule has 5 atom stereocenters. The van der Waals surface area contributed by atoms with Gasteiger partial charge in [0.2, 0.25) is 5.91 Å². The molecule has 1 amide bonds. The van der Waals surface area contributed by atoms with Gasteiger partial charge in [-0.2, -0.15) is 0 Å². The smallest absolute Gasteiger partial charge is 0.310 e. The Labute approximate surface area is 152 Å². The highest BCUT2D eigenvalue weighted by atomic mass is 16.5. The highest BCUT2D eigenvalue weighted by molar-refractivity contribution is 5.91. The maximum atomic E-state index is 13.2. The average Bonchev–Trinajstić information content (AvgIpc) is 3.24. The van der Waals surface area contributed by atoms with Gasteiger partial charge in [-0.3, -0.25) is 9.59 Å². The lowest BCUT2D eigenvalue weighted by Crippen LogP contribution is -2.45. The molecule has 1 spiro atoms. The summed E-state index contributed by atoms with van der Waals surface area (Å²) in [4.78, 5) is 26.8. The molecule has 0 aliphatic carbocycles. The molecule has 0 saturated carbocycles. The minimum Gasteiger partial charge on any atom is -0.481 e. The summed E-state index contributed by atoms with van der Waals surface area (Å²) in [5.41, 5.74) is 1.28. The lowest BCUT2D eigenvalue weighted by molar-refractivity contribution is -0.148. The minimum atomic E-state index is -0.960. The van der Waals surface area contributed by atoms with Crippen LogP contribution in [0.25, 0.3) is 0 Å². The van der Waals surface area contributed by atoms with Crippen LogP contribution >= 0.6 is 0 Å². The van der Waals surface area contributed by atoms with Crippen LogP contribution in [-0.2, 0) is 20.7 Å². The molecule has 3 aliphatic rings. The molecule has 1 aromatic carbocycles. The fourth-order valence-corrected chi connectivity index (χ4v) is 4.76. The van der Waals surface area contributed by atoms with Crippen LogP contribution < -0.4 is 0 Å². The number of fused-ring (bicyclic) bond motifs is 1. The first kappa shape index (κ1) is 17.0. The van der Waals surface area contributed by atoms with E-state index < -0.39 is 29.5 Å². The topological polar surface area (TPSA) is 66.8 Å². The number of hydrogen-bond acceptors (Lipinski definition) is 3. The van der Waals surface area contributed by atoms with Crippen molar-refractivity contribution in [3.05, 3.63) is 60.2 Å². The summed E-state index contributed by atoms with van der Waals surface area (Å²) >= 11 is 0. The number of carbonyl (C=O) groups is 2. The molecule has 2 fully saturated rings. The van der Waals surface area contributed by atoms with Crippen molar-refractivity contribution in [2.24, 2.45) is 11.8 Å². The molecule has 4 rings (SSSR count). The van der Waals surface area contributed by atoms with Crippen LogP contribution in [-0.4, -0.2) is 46.2 Å². The Kier molecular flexibility index (Phi) is 3.99. The summed E-state index contributed by atoms with van der Waals surface area (Å²) in [5.74, 6) is -2.51. The van der Waals surface area contributed by atoms with E-state index in [2.05, 4.69) is 6.58 Å². The number of amides is 1. The number of ether oxygens (including phenoxy) is 1. The largest absolute Gasteiger partial charge is 0.481 e. The third kappa shape index (κ3) is 2.42. The van der Waals surface area contributed by atoms with Gasteiger partial charge < -0.3 is 14.7 Å². The summed E-state index contributed by atoms with van der Waals surface area (Å²) < 4.78 is 6.13. The SMILES string of the molecule is C=C(C)C[C@@H]1N(CCc2ccccc2)C(=O)[C@H]2[C@H](C(=O)O)[C@@H]3C=C[C@]12O3. The highest BCUT2D eigenvalue weighted by Gasteiger charge is 2.70. The molecule has 26 heavy (non-hydrogen) atoms. The molecule has 2 saturated heterocycles. The Morgan fingerprint density at radius 2 is 2.08 bits per heavy atom. The van der Waals surface area contributed by atoms with E-state index in [1.807, 2.05) is 54.3 Å². The van der Waals surface area contributed by atoms with E-state index in [4.69, 9.17) is 4.74 Å². The monoisotopic (exact) mass is 353 g/mol. The molecule has 5 nitrogen and oxygen atoms in total. The van der Waals surface area contributed by atoms with Gasteiger partial charge in [-0.05, 0) is 25.3 Å². The van der Waals surface area contributed by atoms with Crippen LogP contribution in [0.4, 0.5) is 0 Å². The number of aliphatic carboxylic acids is 1. The van der Waals surface area contributed by atoms with Gasteiger partial charge in [0, 0.05) is 6.54 Å². The highest BCUT2D eigenvalue weighted by Crippen LogP contribution is 2.55. The van der Waals surface area contributed by atoms with Crippen molar-refractivity contribution < 1.29 is 19.4 Å². The second kappa shape index (κ2) is 6.09. The van der Waals surface area contributed by atoms with Gasteiger partial charge in [-0.15, -0.1) is 6.58 Å². The number of carbonyl (C=O) groups excluding carboxylic acids is 1. The Balaban J connectivity index is 1.65. The zero-order chi connectivity index (χ0) is 18.5. The van der Waals surface area contributed by atoms with Crippen molar-refractivity contribution in [3.63, 3.8) is 0 Å². The van der Waals surface area contributed by atoms with E-state index in [0.29, 0.717) is 13.0 Å². The van der Waals surface area contributed by atoms with Crippen molar-refractivity contribution in [2.45, 2.75) is 37.5 Å². The second-order valence-electron chi connectivity index (χ2n) is 7.58. The summed E-state index contributed by atoms with van der Waals surface area (Å²) in [5, 5.41) is 9.66. The maximum absolute atomic E-state index is 13.2. The summed E-state index contributed by atoms with van der Waals surface area (Å²) in [7, 11) is 0. The van der Waals surface area contributed by atoms with Gasteiger partial charge in [0.15, 0.2) is 0 Å². The Morgan fingerprint density at radius 3 is 2.73 bits per heavy atom. The van der Waals surface area contributed by atoms with E-state index in [0.717, 1.165) is 17.6 Å². The van der Waals surface area contributed by atoms with E-state index in [1.54, 1.807) is 0 Å².